The maximum absolute atomic E-state index is 5.44. The minimum absolute atomic E-state index is 0.326. The average Bonchev–Trinajstić information content (AvgIpc) is 3.16. The van der Waals surface area contributed by atoms with Gasteiger partial charge in [-0.3, -0.25) is 0 Å². The van der Waals surface area contributed by atoms with Crippen LogP contribution in [0.2, 0.25) is 0 Å². The van der Waals surface area contributed by atoms with E-state index in [9.17, 15) is 0 Å². The van der Waals surface area contributed by atoms with Crippen molar-refractivity contribution in [3.63, 3.8) is 0 Å². The van der Waals surface area contributed by atoms with Gasteiger partial charge in [-0.25, -0.2) is 0 Å². The molecule has 0 amide bonds. The van der Waals surface area contributed by atoms with E-state index in [1.54, 1.807) is 11.3 Å². The van der Waals surface area contributed by atoms with Gasteiger partial charge in [0.1, 0.15) is 4.88 Å². The number of benzene rings is 1. The third-order valence-corrected chi connectivity index (χ3v) is 4.30. The lowest BCUT2D eigenvalue weighted by atomic mass is 10.1. The molecule has 4 nitrogen and oxygen atoms in total. The molecule has 0 saturated carbocycles. The van der Waals surface area contributed by atoms with E-state index in [1.807, 2.05) is 25.2 Å². The average molecular weight is 299 g/mol. The summed E-state index contributed by atoms with van der Waals surface area (Å²) in [4.78, 5) is 5.54. The van der Waals surface area contributed by atoms with Crippen molar-refractivity contribution in [1.82, 2.24) is 15.5 Å². The van der Waals surface area contributed by atoms with Crippen molar-refractivity contribution in [2.45, 2.75) is 19.4 Å². The van der Waals surface area contributed by atoms with Crippen molar-refractivity contribution in [1.29, 1.82) is 0 Å². The molecule has 2 aromatic heterocycles. The fourth-order valence-corrected chi connectivity index (χ4v) is 2.96. The Balaban J connectivity index is 1.90. The standard InChI is InChI=1S/C16H17N3OS/c1-11(17-2)10-14-18-16(20-19-14)15-13(8-9-21-15)12-6-4-3-5-7-12/h3-9,11,17H,10H2,1-2H3. The minimum atomic E-state index is 0.326. The molecule has 5 heteroatoms. The molecule has 3 aromatic rings. The summed E-state index contributed by atoms with van der Waals surface area (Å²) in [6.07, 6.45) is 0.756. The molecule has 2 heterocycles. The Bertz CT molecular complexity index is 705. The van der Waals surface area contributed by atoms with Gasteiger partial charge < -0.3 is 9.84 Å². The van der Waals surface area contributed by atoms with Gasteiger partial charge in [-0.15, -0.1) is 11.3 Å². The van der Waals surface area contributed by atoms with E-state index >= 15 is 0 Å². The molecule has 0 radical (unpaired) electrons. The summed E-state index contributed by atoms with van der Waals surface area (Å²) in [5.74, 6) is 1.33. The van der Waals surface area contributed by atoms with E-state index in [0.29, 0.717) is 11.9 Å². The third kappa shape index (κ3) is 3.04. The van der Waals surface area contributed by atoms with Crippen LogP contribution in [0.25, 0.3) is 21.9 Å². The predicted molar refractivity (Wildman–Crippen MR) is 85.3 cm³/mol. The summed E-state index contributed by atoms with van der Waals surface area (Å²) in [6, 6.07) is 12.7. The molecule has 0 saturated heterocycles. The van der Waals surface area contributed by atoms with Gasteiger partial charge in [-0.05, 0) is 31.0 Å². The zero-order chi connectivity index (χ0) is 14.7. The summed E-state index contributed by atoms with van der Waals surface area (Å²) in [5.41, 5.74) is 2.30. The molecular weight excluding hydrogens is 282 g/mol. The van der Waals surface area contributed by atoms with Gasteiger partial charge in [0, 0.05) is 18.0 Å². The molecule has 0 spiro atoms. The van der Waals surface area contributed by atoms with Crippen molar-refractivity contribution in [3.05, 3.63) is 47.6 Å². The fourth-order valence-electron chi connectivity index (χ4n) is 2.12. The summed E-state index contributed by atoms with van der Waals surface area (Å²) < 4.78 is 5.44. The molecule has 3 rings (SSSR count). The highest BCUT2D eigenvalue weighted by Gasteiger charge is 2.16. The number of nitrogens with zero attached hydrogens (tertiary/aromatic N) is 2. The topological polar surface area (TPSA) is 51.0 Å². The first-order chi connectivity index (χ1) is 10.3. The van der Waals surface area contributed by atoms with E-state index < -0.39 is 0 Å². The first kappa shape index (κ1) is 14.0. The van der Waals surface area contributed by atoms with Gasteiger partial charge >= 0.3 is 0 Å². The number of rotatable bonds is 5. The number of nitrogens with one attached hydrogen (secondary N) is 1. The Kier molecular flexibility index (Phi) is 4.13. The molecule has 0 aliphatic heterocycles. The predicted octanol–water partition coefficient (Wildman–Crippen LogP) is 3.62. The second kappa shape index (κ2) is 6.20. The highest BCUT2D eigenvalue weighted by atomic mass is 32.1. The van der Waals surface area contributed by atoms with Gasteiger partial charge in [0.2, 0.25) is 0 Å². The molecular formula is C16H17N3OS. The lowest BCUT2D eigenvalue weighted by Gasteiger charge is -2.04. The lowest BCUT2D eigenvalue weighted by molar-refractivity contribution is 0.419. The van der Waals surface area contributed by atoms with Crippen LogP contribution in [0.15, 0.2) is 46.3 Å². The van der Waals surface area contributed by atoms with Crippen LogP contribution in [0.4, 0.5) is 0 Å². The quantitative estimate of drug-likeness (QED) is 0.782. The number of aromatic nitrogens is 2. The maximum Gasteiger partial charge on any atom is 0.268 e. The van der Waals surface area contributed by atoms with Crippen molar-refractivity contribution >= 4 is 11.3 Å². The number of thiophene rings is 1. The van der Waals surface area contributed by atoms with Crippen molar-refractivity contribution < 1.29 is 4.52 Å². The second-order valence-electron chi connectivity index (χ2n) is 4.94. The van der Waals surface area contributed by atoms with Gasteiger partial charge in [-0.2, -0.15) is 4.98 Å². The highest BCUT2D eigenvalue weighted by Crippen LogP contribution is 2.35. The maximum atomic E-state index is 5.44. The van der Waals surface area contributed by atoms with Crippen molar-refractivity contribution in [2.75, 3.05) is 7.05 Å². The van der Waals surface area contributed by atoms with Gasteiger partial charge in [-0.1, -0.05) is 35.5 Å². The molecule has 0 fully saturated rings. The van der Waals surface area contributed by atoms with Crippen LogP contribution in [0.5, 0.6) is 0 Å². The Hall–Kier alpha value is -1.98. The van der Waals surface area contributed by atoms with Gasteiger partial charge in [0.25, 0.3) is 5.89 Å². The largest absolute Gasteiger partial charge is 0.333 e. The first-order valence-corrected chi connectivity index (χ1v) is 7.79. The van der Waals surface area contributed by atoms with Crippen molar-refractivity contribution in [3.8, 4) is 21.9 Å². The molecule has 1 aromatic carbocycles. The van der Waals surface area contributed by atoms with Crippen LogP contribution in [-0.2, 0) is 6.42 Å². The SMILES string of the molecule is CNC(C)Cc1noc(-c2sccc2-c2ccccc2)n1. The number of hydrogen-bond donors (Lipinski definition) is 1. The van der Waals surface area contributed by atoms with E-state index in [2.05, 4.69) is 46.0 Å². The number of hydrogen-bond acceptors (Lipinski definition) is 5. The van der Waals surface area contributed by atoms with E-state index in [0.717, 1.165) is 28.2 Å². The monoisotopic (exact) mass is 299 g/mol. The Morgan fingerprint density at radius 3 is 2.81 bits per heavy atom. The van der Waals surface area contributed by atoms with Crippen LogP contribution >= 0.6 is 11.3 Å². The Labute approximate surface area is 127 Å². The van der Waals surface area contributed by atoms with Gasteiger partial charge in [0.15, 0.2) is 5.82 Å². The summed E-state index contributed by atoms with van der Waals surface area (Å²) >= 11 is 1.62. The van der Waals surface area contributed by atoms with Crippen LogP contribution in [0.3, 0.4) is 0 Å². The Morgan fingerprint density at radius 2 is 2.05 bits per heavy atom. The first-order valence-electron chi connectivity index (χ1n) is 6.91. The van der Waals surface area contributed by atoms with Crippen molar-refractivity contribution in [2.24, 2.45) is 0 Å². The highest BCUT2D eigenvalue weighted by molar-refractivity contribution is 7.14. The third-order valence-electron chi connectivity index (χ3n) is 3.39. The van der Waals surface area contributed by atoms with Crippen LogP contribution in [-0.4, -0.2) is 23.2 Å². The van der Waals surface area contributed by atoms with Gasteiger partial charge in [0.05, 0.1) is 0 Å². The smallest absolute Gasteiger partial charge is 0.268 e. The number of likely N-dealkylation sites (N-methyl/N-ethyl adjacent to an activating group) is 1. The second-order valence-corrected chi connectivity index (χ2v) is 5.86. The molecule has 21 heavy (non-hydrogen) atoms. The summed E-state index contributed by atoms with van der Waals surface area (Å²) in [6.45, 7) is 2.09. The van der Waals surface area contributed by atoms with Crippen LogP contribution < -0.4 is 5.32 Å². The molecule has 1 N–H and O–H groups in total. The molecule has 1 atom stereocenters. The fraction of sp³-hybridized carbons (Fsp3) is 0.250. The summed E-state index contributed by atoms with van der Waals surface area (Å²) in [7, 11) is 1.93. The Morgan fingerprint density at radius 1 is 1.24 bits per heavy atom. The summed E-state index contributed by atoms with van der Waals surface area (Å²) in [5, 5.41) is 9.30. The molecule has 0 aliphatic carbocycles. The van der Waals surface area contributed by atoms with E-state index in [4.69, 9.17) is 4.52 Å². The van der Waals surface area contributed by atoms with E-state index in [1.165, 1.54) is 0 Å². The zero-order valence-electron chi connectivity index (χ0n) is 12.0. The zero-order valence-corrected chi connectivity index (χ0v) is 12.9. The van der Waals surface area contributed by atoms with E-state index in [-0.39, 0.29) is 0 Å². The molecule has 108 valence electrons. The van der Waals surface area contributed by atoms with Crippen LogP contribution in [0.1, 0.15) is 12.7 Å². The molecule has 1 unspecified atom stereocenters. The molecule has 0 aliphatic rings. The normalized spacial score (nSPS) is 12.5. The minimum Gasteiger partial charge on any atom is -0.333 e. The lowest BCUT2D eigenvalue weighted by Crippen LogP contribution is -2.24. The van der Waals surface area contributed by atoms with Crippen LogP contribution in [0, 0.1) is 0 Å². The molecule has 0 bridgehead atoms.